The number of piperidine rings is 1. The number of hydrogen-bond acceptors (Lipinski definition) is 4. The molecule has 0 spiro atoms. The first kappa shape index (κ1) is 16.5. The lowest BCUT2D eigenvalue weighted by molar-refractivity contribution is 0.0706. The second-order valence-corrected chi connectivity index (χ2v) is 6.34. The van der Waals surface area contributed by atoms with Gasteiger partial charge < -0.3 is 9.64 Å². The van der Waals surface area contributed by atoms with Crippen LogP contribution in [-0.2, 0) is 0 Å². The van der Waals surface area contributed by atoms with Gasteiger partial charge in [0.05, 0.1) is 12.3 Å². The Kier molecular flexibility index (Phi) is 5.13. The predicted octanol–water partition coefficient (Wildman–Crippen LogP) is 3.00. The van der Waals surface area contributed by atoms with Crippen LogP contribution < -0.4 is 4.74 Å². The van der Waals surface area contributed by atoms with Gasteiger partial charge in [-0.3, -0.25) is 9.89 Å². The maximum Gasteiger partial charge on any atom is 0.254 e. The molecule has 0 aromatic carbocycles. The van der Waals surface area contributed by atoms with Crippen LogP contribution in [0.4, 0.5) is 0 Å². The van der Waals surface area contributed by atoms with Gasteiger partial charge >= 0.3 is 0 Å². The van der Waals surface area contributed by atoms with Crippen LogP contribution in [0.15, 0.2) is 30.7 Å². The molecule has 1 amide bonds. The van der Waals surface area contributed by atoms with Gasteiger partial charge in [-0.25, -0.2) is 4.98 Å². The van der Waals surface area contributed by atoms with E-state index in [-0.39, 0.29) is 12.0 Å². The molecular weight excluding hydrogens is 304 g/mol. The molecule has 0 saturated carbocycles. The molecule has 24 heavy (non-hydrogen) atoms. The molecule has 128 valence electrons. The third-order valence-electron chi connectivity index (χ3n) is 4.58. The second kappa shape index (κ2) is 7.47. The summed E-state index contributed by atoms with van der Waals surface area (Å²) in [7, 11) is 0. The van der Waals surface area contributed by atoms with Gasteiger partial charge in [0.15, 0.2) is 0 Å². The lowest BCUT2D eigenvalue weighted by Crippen LogP contribution is -2.39. The van der Waals surface area contributed by atoms with E-state index in [4.69, 9.17) is 4.74 Å². The fourth-order valence-electron chi connectivity index (χ4n) is 3.00. The van der Waals surface area contributed by atoms with E-state index >= 15 is 0 Å². The number of aromatic nitrogens is 3. The van der Waals surface area contributed by atoms with E-state index in [1.54, 1.807) is 18.3 Å². The number of aromatic amines is 1. The van der Waals surface area contributed by atoms with Crippen molar-refractivity contribution in [2.75, 3.05) is 13.1 Å². The Labute approximate surface area is 142 Å². The molecule has 1 aliphatic rings. The molecule has 2 aromatic heterocycles. The minimum Gasteiger partial charge on any atom is -0.475 e. The molecule has 2 aromatic rings. The van der Waals surface area contributed by atoms with Crippen molar-refractivity contribution in [1.82, 2.24) is 20.1 Å². The van der Waals surface area contributed by atoms with Crippen LogP contribution in [0, 0.1) is 0 Å². The maximum atomic E-state index is 12.8. The van der Waals surface area contributed by atoms with Gasteiger partial charge in [0.25, 0.3) is 5.91 Å². The molecule has 3 heterocycles. The van der Waals surface area contributed by atoms with Crippen molar-refractivity contribution in [3.63, 3.8) is 0 Å². The second-order valence-electron chi connectivity index (χ2n) is 6.34. The summed E-state index contributed by atoms with van der Waals surface area (Å²) in [5.74, 6) is 0.900. The standard InChI is InChI=1S/C18H24N4O2/c1-3-13(2)24-17-9-14(6-7-19-17)18(23)22-8-4-5-15(12-22)16-10-20-21-11-16/h6-7,9-11,13,15H,3-5,8,12H2,1-2H3,(H,20,21)/t13-,15+/m1/s1. The van der Waals surface area contributed by atoms with Crippen molar-refractivity contribution < 1.29 is 9.53 Å². The lowest BCUT2D eigenvalue weighted by Gasteiger charge is -2.32. The van der Waals surface area contributed by atoms with Crippen LogP contribution in [0.2, 0.25) is 0 Å². The molecule has 0 unspecified atom stereocenters. The third kappa shape index (κ3) is 3.75. The molecule has 1 N–H and O–H groups in total. The van der Waals surface area contributed by atoms with Gasteiger partial charge in [-0.1, -0.05) is 6.92 Å². The van der Waals surface area contributed by atoms with Crippen molar-refractivity contribution in [3.05, 3.63) is 41.9 Å². The lowest BCUT2D eigenvalue weighted by atomic mass is 9.92. The molecule has 3 rings (SSSR count). The first-order chi connectivity index (χ1) is 11.7. The monoisotopic (exact) mass is 328 g/mol. The molecule has 2 atom stereocenters. The zero-order valence-electron chi connectivity index (χ0n) is 14.2. The number of pyridine rings is 1. The number of carbonyl (C=O) groups is 1. The molecule has 1 fully saturated rings. The number of hydrogen-bond donors (Lipinski definition) is 1. The Morgan fingerprint density at radius 3 is 3.17 bits per heavy atom. The van der Waals surface area contributed by atoms with Crippen molar-refractivity contribution in [2.45, 2.75) is 45.1 Å². The van der Waals surface area contributed by atoms with Crippen LogP contribution in [0.3, 0.4) is 0 Å². The molecule has 1 saturated heterocycles. The number of amides is 1. The summed E-state index contributed by atoms with van der Waals surface area (Å²) in [4.78, 5) is 19.0. The molecular formula is C18H24N4O2. The summed E-state index contributed by atoms with van der Waals surface area (Å²) in [5.41, 5.74) is 1.80. The van der Waals surface area contributed by atoms with E-state index in [0.717, 1.165) is 32.4 Å². The number of carbonyl (C=O) groups excluding carboxylic acids is 1. The first-order valence-electron chi connectivity index (χ1n) is 8.58. The quantitative estimate of drug-likeness (QED) is 0.916. The summed E-state index contributed by atoms with van der Waals surface area (Å²) in [6.07, 6.45) is 8.49. The summed E-state index contributed by atoms with van der Waals surface area (Å²) >= 11 is 0. The molecule has 6 nitrogen and oxygen atoms in total. The van der Waals surface area contributed by atoms with E-state index in [2.05, 4.69) is 22.1 Å². The summed E-state index contributed by atoms with van der Waals surface area (Å²) in [6, 6.07) is 3.50. The third-order valence-corrected chi connectivity index (χ3v) is 4.58. The SMILES string of the molecule is CC[C@@H](C)Oc1cc(C(=O)N2CCC[C@H](c3cn[nH]c3)C2)ccn1. The van der Waals surface area contributed by atoms with Crippen LogP contribution in [0.25, 0.3) is 0 Å². The molecule has 6 heteroatoms. The maximum absolute atomic E-state index is 12.8. The van der Waals surface area contributed by atoms with Gasteiger partial charge in [-0.2, -0.15) is 5.10 Å². The van der Waals surface area contributed by atoms with Gasteiger partial charge in [-0.05, 0) is 37.8 Å². The smallest absolute Gasteiger partial charge is 0.254 e. The number of H-pyrrole nitrogens is 1. The zero-order valence-corrected chi connectivity index (χ0v) is 14.2. The van der Waals surface area contributed by atoms with Crippen molar-refractivity contribution in [1.29, 1.82) is 0 Å². The molecule has 1 aliphatic heterocycles. The average Bonchev–Trinajstić information content (AvgIpc) is 3.16. The van der Waals surface area contributed by atoms with Gasteiger partial charge in [-0.15, -0.1) is 0 Å². The van der Waals surface area contributed by atoms with Crippen molar-refractivity contribution in [3.8, 4) is 5.88 Å². The average molecular weight is 328 g/mol. The van der Waals surface area contributed by atoms with Crippen LogP contribution >= 0.6 is 0 Å². The number of likely N-dealkylation sites (tertiary alicyclic amines) is 1. The Hall–Kier alpha value is -2.37. The number of nitrogens with zero attached hydrogens (tertiary/aromatic N) is 3. The fraction of sp³-hybridized carbons (Fsp3) is 0.500. The van der Waals surface area contributed by atoms with E-state index in [9.17, 15) is 4.79 Å². The van der Waals surface area contributed by atoms with Crippen LogP contribution in [0.1, 0.15) is 54.9 Å². The summed E-state index contributed by atoms with van der Waals surface area (Å²) in [6.45, 7) is 5.57. The van der Waals surface area contributed by atoms with Crippen molar-refractivity contribution >= 4 is 5.91 Å². The van der Waals surface area contributed by atoms with E-state index in [1.165, 1.54) is 5.56 Å². The fourth-order valence-corrected chi connectivity index (χ4v) is 3.00. The number of rotatable bonds is 5. The van der Waals surface area contributed by atoms with E-state index in [0.29, 0.717) is 17.4 Å². The van der Waals surface area contributed by atoms with Crippen molar-refractivity contribution in [2.24, 2.45) is 0 Å². The number of nitrogens with one attached hydrogen (secondary N) is 1. The Morgan fingerprint density at radius 2 is 2.42 bits per heavy atom. The highest BCUT2D eigenvalue weighted by Gasteiger charge is 2.26. The minimum atomic E-state index is 0.0413. The summed E-state index contributed by atoms with van der Waals surface area (Å²) in [5, 5.41) is 6.88. The molecule has 0 aliphatic carbocycles. The normalized spacial score (nSPS) is 19.1. The van der Waals surface area contributed by atoms with Crippen LogP contribution in [-0.4, -0.2) is 45.2 Å². The first-order valence-corrected chi connectivity index (χ1v) is 8.58. The molecule has 0 bridgehead atoms. The Morgan fingerprint density at radius 1 is 1.54 bits per heavy atom. The highest BCUT2D eigenvalue weighted by molar-refractivity contribution is 5.94. The van der Waals surface area contributed by atoms with Crippen LogP contribution in [0.5, 0.6) is 5.88 Å². The minimum absolute atomic E-state index is 0.0413. The zero-order chi connectivity index (χ0) is 16.9. The summed E-state index contributed by atoms with van der Waals surface area (Å²) < 4.78 is 5.73. The van der Waals surface area contributed by atoms with E-state index in [1.807, 2.05) is 24.2 Å². The highest BCUT2D eigenvalue weighted by atomic mass is 16.5. The number of ether oxygens (including phenoxy) is 1. The topological polar surface area (TPSA) is 71.1 Å². The predicted molar refractivity (Wildman–Crippen MR) is 91.1 cm³/mol. The van der Waals surface area contributed by atoms with E-state index < -0.39 is 0 Å². The van der Waals surface area contributed by atoms with Gasteiger partial charge in [0.1, 0.15) is 0 Å². The Bertz CT molecular complexity index is 671. The molecule has 0 radical (unpaired) electrons. The van der Waals surface area contributed by atoms with Gasteiger partial charge in [0.2, 0.25) is 5.88 Å². The highest BCUT2D eigenvalue weighted by Crippen LogP contribution is 2.27. The van der Waals surface area contributed by atoms with Gasteiger partial charge in [0, 0.05) is 43.0 Å². The largest absolute Gasteiger partial charge is 0.475 e. The Balaban J connectivity index is 1.70.